The van der Waals surface area contributed by atoms with Crippen molar-refractivity contribution in [2.75, 3.05) is 6.54 Å². The molecule has 0 aromatic carbocycles. The lowest BCUT2D eigenvalue weighted by atomic mass is 10.2. The monoisotopic (exact) mass is 347 g/mol. The predicted octanol–water partition coefficient (Wildman–Crippen LogP) is 3.17. The van der Waals surface area contributed by atoms with Crippen LogP contribution in [0, 0.1) is 6.92 Å². The van der Waals surface area contributed by atoms with Crippen molar-refractivity contribution < 1.29 is 17.2 Å². The molecule has 22 heavy (non-hydrogen) atoms. The molecule has 9 heteroatoms. The zero-order chi connectivity index (χ0) is 15.9. The Kier molecular flexibility index (Phi) is 4.04. The summed E-state index contributed by atoms with van der Waals surface area (Å²) in [6.45, 7) is -1.11. The first kappa shape index (κ1) is 15.6. The van der Waals surface area contributed by atoms with E-state index in [2.05, 4.69) is 5.10 Å². The largest absolute Gasteiger partial charge is 0.333 e. The van der Waals surface area contributed by atoms with Crippen molar-refractivity contribution in [2.45, 2.75) is 37.3 Å². The normalized spacial score (nSPS) is 20.1. The second kappa shape index (κ2) is 5.71. The first-order valence-electron chi connectivity index (χ1n) is 6.80. The van der Waals surface area contributed by atoms with Gasteiger partial charge in [0, 0.05) is 11.4 Å². The zero-order valence-electron chi connectivity index (χ0n) is 11.8. The highest BCUT2D eigenvalue weighted by Gasteiger charge is 2.38. The van der Waals surface area contributed by atoms with Gasteiger partial charge in [-0.25, -0.2) is 13.1 Å². The molecule has 0 unspecified atom stereocenters. The molecule has 1 aliphatic heterocycles. The Morgan fingerprint density at radius 2 is 2.23 bits per heavy atom. The minimum absolute atomic E-state index is 0.0353. The fraction of sp³-hybridized carbons (Fsp3) is 0.462. The highest BCUT2D eigenvalue weighted by molar-refractivity contribution is 7.89. The summed E-state index contributed by atoms with van der Waals surface area (Å²) in [5, 5.41) is 5.41. The van der Waals surface area contributed by atoms with Crippen LogP contribution in [0.3, 0.4) is 0 Å². The number of aromatic nitrogens is 2. The number of hydrogen-bond donors (Lipinski definition) is 0. The molecule has 2 aromatic rings. The fourth-order valence-corrected chi connectivity index (χ4v) is 5.54. The topological polar surface area (TPSA) is 55.2 Å². The van der Waals surface area contributed by atoms with Crippen molar-refractivity contribution in [3.63, 3.8) is 0 Å². The summed E-state index contributed by atoms with van der Waals surface area (Å²) in [6, 6.07) is 3.56. The van der Waals surface area contributed by atoms with Gasteiger partial charge in [-0.2, -0.15) is 18.2 Å². The van der Waals surface area contributed by atoms with Crippen molar-refractivity contribution >= 4 is 21.4 Å². The van der Waals surface area contributed by atoms with Gasteiger partial charge < -0.3 is 0 Å². The maximum Gasteiger partial charge on any atom is 0.333 e. The van der Waals surface area contributed by atoms with Crippen LogP contribution in [0.4, 0.5) is 8.78 Å². The SMILES string of the molecule is Cc1c(S(=O)(=O)N2CCC[C@H]2c2cccs2)cnn1C(F)F. The Morgan fingerprint density at radius 3 is 2.82 bits per heavy atom. The van der Waals surface area contributed by atoms with E-state index in [1.54, 1.807) is 0 Å². The van der Waals surface area contributed by atoms with Crippen LogP contribution in [0.5, 0.6) is 0 Å². The summed E-state index contributed by atoms with van der Waals surface area (Å²) < 4.78 is 53.1. The second-order valence-corrected chi connectivity index (χ2v) is 7.94. The molecule has 0 amide bonds. The minimum Gasteiger partial charge on any atom is -0.207 e. The molecular formula is C13H15F2N3O2S2. The maximum atomic E-state index is 12.8. The Hall–Kier alpha value is -1.32. The van der Waals surface area contributed by atoms with Crippen molar-refractivity contribution in [3.05, 3.63) is 34.3 Å². The van der Waals surface area contributed by atoms with E-state index in [1.807, 2.05) is 17.5 Å². The van der Waals surface area contributed by atoms with Gasteiger partial charge in [0.15, 0.2) is 0 Å². The van der Waals surface area contributed by atoms with Gasteiger partial charge in [-0.1, -0.05) is 6.07 Å². The average molecular weight is 347 g/mol. The third kappa shape index (κ3) is 2.46. The molecule has 0 spiro atoms. The summed E-state index contributed by atoms with van der Waals surface area (Å²) >= 11 is 1.50. The van der Waals surface area contributed by atoms with E-state index in [1.165, 1.54) is 22.6 Å². The lowest BCUT2D eigenvalue weighted by molar-refractivity contribution is 0.0541. The summed E-state index contributed by atoms with van der Waals surface area (Å²) in [5.41, 5.74) is -0.0353. The first-order valence-corrected chi connectivity index (χ1v) is 9.12. The predicted molar refractivity (Wildman–Crippen MR) is 78.4 cm³/mol. The second-order valence-electron chi connectivity index (χ2n) is 5.11. The molecule has 1 saturated heterocycles. The van der Waals surface area contributed by atoms with Crippen LogP contribution in [-0.4, -0.2) is 29.0 Å². The number of halogens is 2. The number of rotatable bonds is 4. The minimum atomic E-state index is -3.83. The van der Waals surface area contributed by atoms with E-state index in [-0.39, 0.29) is 16.6 Å². The molecule has 120 valence electrons. The third-order valence-corrected chi connectivity index (χ3v) is 6.83. The molecule has 0 aliphatic carbocycles. The Morgan fingerprint density at radius 1 is 1.45 bits per heavy atom. The Labute approximate surface area is 131 Å². The fourth-order valence-electron chi connectivity index (χ4n) is 2.78. The average Bonchev–Trinajstić information content (AvgIpc) is 3.18. The summed E-state index contributed by atoms with van der Waals surface area (Å²) in [5.74, 6) is 0. The van der Waals surface area contributed by atoms with Gasteiger partial charge in [-0.3, -0.25) is 0 Å². The van der Waals surface area contributed by atoms with E-state index in [9.17, 15) is 17.2 Å². The number of alkyl halides is 2. The number of nitrogens with zero attached hydrogens (tertiary/aromatic N) is 3. The van der Waals surface area contributed by atoms with Gasteiger partial charge in [0.05, 0.1) is 17.9 Å². The molecular weight excluding hydrogens is 332 g/mol. The smallest absolute Gasteiger partial charge is 0.207 e. The van der Waals surface area contributed by atoms with Gasteiger partial charge in [0.25, 0.3) is 0 Å². The van der Waals surface area contributed by atoms with E-state index in [0.717, 1.165) is 23.9 Å². The highest BCUT2D eigenvalue weighted by Crippen LogP contribution is 2.39. The zero-order valence-corrected chi connectivity index (χ0v) is 13.4. The lowest BCUT2D eigenvalue weighted by Gasteiger charge is -2.23. The van der Waals surface area contributed by atoms with Crippen LogP contribution >= 0.6 is 11.3 Å². The summed E-state index contributed by atoms with van der Waals surface area (Å²) in [7, 11) is -3.83. The Balaban J connectivity index is 1.99. The van der Waals surface area contributed by atoms with Crippen LogP contribution in [0.1, 0.15) is 36.0 Å². The van der Waals surface area contributed by atoms with Crippen molar-refractivity contribution in [1.82, 2.24) is 14.1 Å². The van der Waals surface area contributed by atoms with Crippen molar-refractivity contribution in [2.24, 2.45) is 0 Å². The number of sulfonamides is 1. The van der Waals surface area contributed by atoms with E-state index >= 15 is 0 Å². The molecule has 0 N–H and O–H groups in total. The lowest BCUT2D eigenvalue weighted by Crippen LogP contribution is -2.30. The number of thiophene rings is 1. The van der Waals surface area contributed by atoms with Crippen LogP contribution in [0.2, 0.25) is 0 Å². The van der Waals surface area contributed by atoms with Gasteiger partial charge in [0.2, 0.25) is 10.0 Å². The van der Waals surface area contributed by atoms with Gasteiger partial charge in [-0.15, -0.1) is 11.3 Å². The van der Waals surface area contributed by atoms with Crippen LogP contribution in [-0.2, 0) is 10.0 Å². The highest BCUT2D eigenvalue weighted by atomic mass is 32.2. The van der Waals surface area contributed by atoms with Crippen molar-refractivity contribution in [3.8, 4) is 0 Å². The summed E-state index contributed by atoms with van der Waals surface area (Å²) in [4.78, 5) is 0.830. The first-order chi connectivity index (χ1) is 10.4. The van der Waals surface area contributed by atoms with Crippen molar-refractivity contribution in [1.29, 1.82) is 0 Å². The standard InChI is InChI=1S/C13H15F2N3O2S2/c1-9-12(8-16-18(9)13(14)15)22(19,20)17-6-2-4-10(17)11-5-3-7-21-11/h3,5,7-8,10,13H,2,4,6H2,1H3/t10-/m0/s1. The van der Waals surface area contributed by atoms with Gasteiger partial charge in [-0.05, 0) is 31.2 Å². The summed E-state index contributed by atoms with van der Waals surface area (Å²) in [6.07, 6.45) is 2.51. The molecule has 3 rings (SSSR count). The third-order valence-electron chi connectivity index (χ3n) is 3.85. The molecule has 0 saturated carbocycles. The molecule has 5 nitrogen and oxygen atoms in total. The van der Waals surface area contributed by atoms with E-state index < -0.39 is 16.6 Å². The van der Waals surface area contributed by atoms with E-state index in [0.29, 0.717) is 11.2 Å². The van der Waals surface area contributed by atoms with Crippen LogP contribution in [0.25, 0.3) is 0 Å². The van der Waals surface area contributed by atoms with Crippen LogP contribution in [0.15, 0.2) is 28.6 Å². The van der Waals surface area contributed by atoms with Gasteiger partial charge in [0.1, 0.15) is 4.90 Å². The van der Waals surface area contributed by atoms with Gasteiger partial charge >= 0.3 is 6.55 Å². The van der Waals surface area contributed by atoms with Crippen LogP contribution < -0.4 is 0 Å². The molecule has 1 atom stereocenters. The molecule has 1 fully saturated rings. The molecule has 2 aromatic heterocycles. The molecule has 0 radical (unpaired) electrons. The Bertz CT molecular complexity index is 756. The molecule has 3 heterocycles. The number of hydrogen-bond acceptors (Lipinski definition) is 4. The molecule has 0 bridgehead atoms. The molecule has 1 aliphatic rings. The maximum absolute atomic E-state index is 12.8. The van der Waals surface area contributed by atoms with E-state index in [4.69, 9.17) is 0 Å². The quantitative estimate of drug-likeness (QED) is 0.854.